The summed E-state index contributed by atoms with van der Waals surface area (Å²) in [6.45, 7) is 5.49. The first-order valence-corrected chi connectivity index (χ1v) is 6.82. The van der Waals surface area contributed by atoms with Gasteiger partial charge in [-0.25, -0.2) is 4.39 Å². The largest absolute Gasteiger partial charge is 0.467 e. The van der Waals surface area contributed by atoms with Crippen LogP contribution in [0.15, 0.2) is 29.8 Å². The minimum Gasteiger partial charge on any atom is -0.467 e. The zero-order valence-corrected chi connectivity index (χ0v) is 14.9. The number of nitrogens with zero attached hydrogens (tertiary/aromatic N) is 1. The molecule has 0 amide bonds. The summed E-state index contributed by atoms with van der Waals surface area (Å²) in [6.07, 6.45) is 2.39. The van der Waals surface area contributed by atoms with Crippen molar-refractivity contribution < 1.29 is 13.9 Å². The molecule has 1 aromatic rings. The van der Waals surface area contributed by atoms with Crippen LogP contribution in [0.5, 0.6) is 5.75 Å². The molecule has 1 aromatic carbocycles. The zero-order chi connectivity index (χ0) is 15.1. The number of guanidine groups is 1. The smallest absolute Gasteiger partial charge is 0.191 e. The highest BCUT2D eigenvalue weighted by Gasteiger charge is 2.16. The molecular weight excluding hydrogens is 400 g/mol. The number of hydrogen-bond donors (Lipinski definition) is 2. The molecule has 0 saturated carbocycles. The van der Waals surface area contributed by atoms with E-state index in [4.69, 9.17) is 9.47 Å². The molecule has 0 aromatic heterocycles. The maximum atomic E-state index is 13.6. The highest BCUT2D eigenvalue weighted by molar-refractivity contribution is 14.0. The summed E-state index contributed by atoms with van der Waals surface area (Å²) >= 11 is 0. The Morgan fingerprint density at radius 3 is 3.00 bits per heavy atom. The van der Waals surface area contributed by atoms with E-state index < -0.39 is 0 Å². The summed E-state index contributed by atoms with van der Waals surface area (Å²) in [5.74, 6) is 1.15. The molecule has 0 saturated heterocycles. The highest BCUT2D eigenvalue weighted by Crippen LogP contribution is 2.29. The Labute approximate surface area is 147 Å². The lowest BCUT2D eigenvalue weighted by Crippen LogP contribution is -2.38. The van der Waals surface area contributed by atoms with E-state index in [1.165, 1.54) is 12.1 Å². The van der Waals surface area contributed by atoms with Gasteiger partial charge in [0, 0.05) is 25.7 Å². The van der Waals surface area contributed by atoms with Crippen LogP contribution in [0.3, 0.4) is 0 Å². The Kier molecular flexibility index (Phi) is 8.18. The number of hydrogen-bond acceptors (Lipinski definition) is 3. The average molecular weight is 421 g/mol. The second kappa shape index (κ2) is 9.62. The Balaban J connectivity index is 0.00000242. The van der Waals surface area contributed by atoms with Gasteiger partial charge in [0.1, 0.15) is 11.6 Å². The van der Waals surface area contributed by atoms with Crippen molar-refractivity contribution in [1.29, 1.82) is 0 Å². The molecule has 0 unspecified atom stereocenters. The van der Waals surface area contributed by atoms with Gasteiger partial charge >= 0.3 is 0 Å². The zero-order valence-electron chi connectivity index (χ0n) is 12.5. The maximum absolute atomic E-state index is 13.6. The second-order valence-electron chi connectivity index (χ2n) is 4.58. The van der Waals surface area contributed by atoms with Crippen LogP contribution in [0.2, 0.25) is 0 Å². The third-order valence-electron chi connectivity index (χ3n) is 3.08. The predicted octanol–water partition coefficient (Wildman–Crippen LogP) is 2.20. The molecule has 122 valence electrons. The van der Waals surface area contributed by atoms with Crippen LogP contribution in [0, 0.1) is 5.82 Å². The van der Waals surface area contributed by atoms with Crippen LogP contribution in [0.1, 0.15) is 11.1 Å². The van der Waals surface area contributed by atoms with E-state index in [1.54, 1.807) is 13.1 Å². The molecule has 1 heterocycles. The molecule has 22 heavy (non-hydrogen) atoms. The lowest BCUT2D eigenvalue weighted by Gasteiger charge is -2.21. The average Bonchev–Trinajstić information content (AvgIpc) is 2.50. The molecule has 5 nitrogen and oxygen atoms in total. The molecule has 1 aliphatic heterocycles. The van der Waals surface area contributed by atoms with Gasteiger partial charge in [-0.1, -0.05) is 6.08 Å². The summed E-state index contributed by atoms with van der Waals surface area (Å²) in [5, 5.41) is 6.24. The number of rotatable bonds is 5. The lowest BCUT2D eigenvalue weighted by atomic mass is 10.1. The van der Waals surface area contributed by atoms with Crippen LogP contribution in [0.4, 0.5) is 4.39 Å². The molecule has 0 aliphatic carbocycles. The van der Waals surface area contributed by atoms with Gasteiger partial charge in [0.15, 0.2) is 12.8 Å². The number of halogens is 2. The Morgan fingerprint density at radius 2 is 2.27 bits per heavy atom. The van der Waals surface area contributed by atoms with E-state index in [1.807, 2.05) is 0 Å². The summed E-state index contributed by atoms with van der Waals surface area (Å²) in [7, 11) is 1.70. The van der Waals surface area contributed by atoms with E-state index in [2.05, 4.69) is 22.2 Å². The third-order valence-corrected chi connectivity index (χ3v) is 3.08. The van der Waals surface area contributed by atoms with Crippen LogP contribution >= 0.6 is 24.0 Å². The van der Waals surface area contributed by atoms with E-state index >= 15 is 0 Å². The van der Waals surface area contributed by atoms with Crippen molar-refractivity contribution in [3.63, 3.8) is 0 Å². The molecule has 0 bridgehead atoms. The number of aliphatic imine (C=N–C) groups is 1. The molecule has 0 atom stereocenters. The topological polar surface area (TPSA) is 54.9 Å². The molecule has 0 radical (unpaired) electrons. The fourth-order valence-electron chi connectivity index (χ4n) is 2.15. The van der Waals surface area contributed by atoms with Crippen molar-refractivity contribution in [2.45, 2.75) is 13.0 Å². The maximum Gasteiger partial charge on any atom is 0.191 e. The van der Waals surface area contributed by atoms with E-state index in [-0.39, 0.29) is 36.6 Å². The van der Waals surface area contributed by atoms with Gasteiger partial charge in [0.25, 0.3) is 0 Å². The van der Waals surface area contributed by atoms with E-state index in [0.29, 0.717) is 32.1 Å². The summed E-state index contributed by atoms with van der Waals surface area (Å²) in [6, 6.07) is 2.96. The molecule has 7 heteroatoms. The van der Waals surface area contributed by atoms with Crippen LogP contribution in [0.25, 0.3) is 0 Å². The van der Waals surface area contributed by atoms with E-state index in [9.17, 15) is 4.39 Å². The monoisotopic (exact) mass is 421 g/mol. The number of benzene rings is 1. The van der Waals surface area contributed by atoms with Crippen molar-refractivity contribution in [3.05, 3.63) is 41.7 Å². The lowest BCUT2D eigenvalue weighted by molar-refractivity contribution is -0.0172. The van der Waals surface area contributed by atoms with Crippen molar-refractivity contribution in [3.8, 4) is 5.75 Å². The quantitative estimate of drug-likeness (QED) is 0.332. The number of nitrogens with one attached hydrogen (secondary N) is 2. The predicted molar refractivity (Wildman–Crippen MR) is 95.4 cm³/mol. The Morgan fingerprint density at radius 1 is 1.45 bits per heavy atom. The Bertz CT molecular complexity index is 538. The van der Waals surface area contributed by atoms with Gasteiger partial charge in [-0.3, -0.25) is 4.99 Å². The van der Waals surface area contributed by atoms with Crippen molar-refractivity contribution in [2.24, 2.45) is 4.99 Å². The first kappa shape index (κ1) is 18.7. The number of fused-ring (bicyclic) bond motifs is 1. The SMILES string of the molecule is C=CCNC(=NC)NCCc1cc(F)cc2c1OCOC2.I. The molecule has 2 rings (SSSR count). The van der Waals surface area contributed by atoms with Gasteiger partial charge in [-0.2, -0.15) is 0 Å². The van der Waals surface area contributed by atoms with Crippen molar-refractivity contribution in [2.75, 3.05) is 26.9 Å². The van der Waals surface area contributed by atoms with E-state index in [0.717, 1.165) is 16.9 Å². The van der Waals surface area contributed by atoms with Gasteiger partial charge in [-0.05, 0) is 24.1 Å². The standard InChI is InChI=1S/C15H20FN3O2.HI/c1-3-5-18-15(17-2)19-6-4-11-7-13(16)8-12-9-20-10-21-14(11)12;/h3,7-8H,1,4-6,9-10H2,2H3,(H2,17,18,19);1H. The van der Waals surface area contributed by atoms with Gasteiger partial charge < -0.3 is 20.1 Å². The first-order valence-electron chi connectivity index (χ1n) is 6.82. The molecule has 2 N–H and O–H groups in total. The molecule has 0 fully saturated rings. The third kappa shape index (κ3) is 5.13. The van der Waals surface area contributed by atoms with Crippen LogP contribution in [-0.2, 0) is 17.8 Å². The highest BCUT2D eigenvalue weighted by atomic mass is 127. The van der Waals surface area contributed by atoms with Crippen molar-refractivity contribution >= 4 is 29.9 Å². The molecule has 1 aliphatic rings. The minimum absolute atomic E-state index is 0. The molecular formula is C15H21FIN3O2. The van der Waals surface area contributed by atoms with Crippen LogP contribution < -0.4 is 15.4 Å². The van der Waals surface area contributed by atoms with Crippen LogP contribution in [-0.4, -0.2) is 32.9 Å². The first-order chi connectivity index (χ1) is 10.2. The summed E-state index contributed by atoms with van der Waals surface area (Å²) in [5.41, 5.74) is 1.59. The van der Waals surface area contributed by atoms with Gasteiger partial charge in [-0.15, -0.1) is 30.6 Å². The number of ether oxygens (including phenoxy) is 2. The summed E-state index contributed by atoms with van der Waals surface area (Å²) < 4.78 is 24.2. The minimum atomic E-state index is -0.271. The summed E-state index contributed by atoms with van der Waals surface area (Å²) in [4.78, 5) is 4.08. The fraction of sp³-hybridized carbons (Fsp3) is 0.400. The normalized spacial score (nSPS) is 13.5. The van der Waals surface area contributed by atoms with Crippen molar-refractivity contribution in [1.82, 2.24) is 10.6 Å². The van der Waals surface area contributed by atoms with Gasteiger partial charge in [0.2, 0.25) is 0 Å². The Hall–Kier alpha value is -1.35. The van der Waals surface area contributed by atoms with Gasteiger partial charge in [0.05, 0.1) is 6.61 Å². The fourth-order valence-corrected chi connectivity index (χ4v) is 2.15. The second-order valence-corrected chi connectivity index (χ2v) is 4.58. The molecule has 0 spiro atoms.